The highest BCUT2D eigenvalue weighted by molar-refractivity contribution is 6.37. The van der Waals surface area contributed by atoms with Crippen molar-refractivity contribution in [3.8, 4) is 11.5 Å². The Morgan fingerprint density at radius 1 is 0.837 bits per heavy atom. The summed E-state index contributed by atoms with van der Waals surface area (Å²) < 4.78 is 24.6. The van der Waals surface area contributed by atoms with E-state index in [1.165, 1.54) is 19.2 Å². The number of amides is 2. The van der Waals surface area contributed by atoms with Crippen LogP contribution in [0.4, 0.5) is 21.5 Å². The Bertz CT molecular complexity index is 1670. The fourth-order valence-electron chi connectivity index (χ4n) is 4.92. The maximum atomic E-state index is 13.9. The van der Waals surface area contributed by atoms with Crippen molar-refractivity contribution in [2.24, 2.45) is 0 Å². The molecule has 0 radical (unpaired) electrons. The van der Waals surface area contributed by atoms with Crippen molar-refractivity contribution in [1.82, 2.24) is 4.90 Å². The van der Waals surface area contributed by atoms with Gasteiger partial charge in [-0.3, -0.25) is 9.59 Å². The molecule has 0 unspecified atom stereocenters. The van der Waals surface area contributed by atoms with Crippen molar-refractivity contribution in [3.05, 3.63) is 114 Å². The Morgan fingerprint density at radius 3 is 2.23 bits per heavy atom. The topological polar surface area (TPSA) is 83.1 Å². The lowest BCUT2D eigenvalue weighted by Crippen LogP contribution is -2.36. The molecule has 2 N–H and O–H groups in total. The minimum Gasteiger partial charge on any atom is -0.493 e. The number of rotatable bonds is 10. The number of ether oxygens (including phenoxy) is 2. The first-order valence-electron chi connectivity index (χ1n) is 13.8. The van der Waals surface area contributed by atoms with Crippen LogP contribution < -0.4 is 25.0 Å². The van der Waals surface area contributed by atoms with Gasteiger partial charge in [-0.2, -0.15) is 0 Å². The molecule has 220 valence electrons. The number of nitrogens with one attached hydrogen (secondary N) is 2. The highest BCUT2D eigenvalue weighted by atomic mass is 19.1. The lowest BCUT2D eigenvalue weighted by Gasteiger charge is -2.25. The summed E-state index contributed by atoms with van der Waals surface area (Å²) in [5, 5.41) is 6.18. The van der Waals surface area contributed by atoms with Gasteiger partial charge in [-0.15, -0.1) is 0 Å². The second-order valence-electron chi connectivity index (χ2n) is 10.3. The quantitative estimate of drug-likeness (QED) is 0.225. The summed E-state index contributed by atoms with van der Waals surface area (Å²) in [5.74, 6) is 0.0936. The summed E-state index contributed by atoms with van der Waals surface area (Å²) in [6.07, 6.45) is 0. The molecule has 1 heterocycles. The number of hydrogen-bond donors (Lipinski definition) is 2. The van der Waals surface area contributed by atoms with Crippen molar-refractivity contribution in [2.75, 3.05) is 56.9 Å². The summed E-state index contributed by atoms with van der Waals surface area (Å²) >= 11 is 0. The standard InChI is InChI=1S/C34H33FN4O4/c1-38(2)18-19-39(34(41)23-10-17-29(42-3)30(20-23)43-4)26-14-12-25(13-15-26)36-32(22-8-6-5-7-9-22)31-27-16-11-24(35)21-28(27)37-33(31)40/h5-17,20-21,36H,18-19H2,1-4H3,(H,37,40)/b32-31-. The maximum absolute atomic E-state index is 13.9. The van der Waals surface area contributed by atoms with Gasteiger partial charge in [0.15, 0.2) is 11.5 Å². The molecule has 1 aliphatic rings. The molecule has 2 amide bonds. The molecule has 0 bridgehead atoms. The molecule has 0 aliphatic carbocycles. The first-order chi connectivity index (χ1) is 20.8. The van der Waals surface area contributed by atoms with Crippen molar-refractivity contribution in [3.63, 3.8) is 0 Å². The molecule has 0 aromatic heterocycles. The number of likely N-dealkylation sites (N-methyl/N-ethyl adjacent to an activating group) is 1. The highest BCUT2D eigenvalue weighted by Crippen LogP contribution is 2.38. The predicted molar refractivity (Wildman–Crippen MR) is 168 cm³/mol. The first kappa shape index (κ1) is 29.3. The van der Waals surface area contributed by atoms with Crippen LogP contribution in [0.1, 0.15) is 21.5 Å². The Kier molecular flexibility index (Phi) is 8.73. The van der Waals surface area contributed by atoms with E-state index in [1.807, 2.05) is 73.6 Å². The van der Waals surface area contributed by atoms with Crippen LogP contribution in [0.5, 0.6) is 11.5 Å². The molecule has 4 aromatic rings. The number of benzene rings is 4. The molecular formula is C34H33FN4O4. The summed E-state index contributed by atoms with van der Waals surface area (Å²) in [4.78, 5) is 30.6. The zero-order valence-electron chi connectivity index (χ0n) is 24.5. The average molecular weight is 581 g/mol. The van der Waals surface area contributed by atoms with Gasteiger partial charge in [0.2, 0.25) is 0 Å². The number of anilines is 3. The molecule has 8 nitrogen and oxygen atoms in total. The van der Waals surface area contributed by atoms with Crippen LogP contribution in [0.2, 0.25) is 0 Å². The SMILES string of the molecule is COc1ccc(C(=O)N(CCN(C)C)c2ccc(N/C(=C3\C(=O)Nc4cc(F)ccc43)c3ccccc3)cc2)cc1OC. The van der Waals surface area contributed by atoms with Crippen LogP contribution in [0.25, 0.3) is 11.3 Å². The van der Waals surface area contributed by atoms with E-state index in [1.54, 1.807) is 36.3 Å². The number of hydrogen-bond acceptors (Lipinski definition) is 6. The van der Waals surface area contributed by atoms with E-state index in [4.69, 9.17) is 9.47 Å². The molecule has 5 rings (SSSR count). The monoisotopic (exact) mass is 580 g/mol. The fraction of sp³-hybridized carbons (Fsp3) is 0.176. The minimum atomic E-state index is -0.424. The van der Waals surface area contributed by atoms with Gasteiger partial charge >= 0.3 is 0 Å². The van der Waals surface area contributed by atoms with Crippen molar-refractivity contribution >= 4 is 40.1 Å². The summed E-state index contributed by atoms with van der Waals surface area (Å²) in [6.45, 7) is 1.11. The maximum Gasteiger partial charge on any atom is 0.258 e. The number of halogens is 1. The summed E-state index contributed by atoms with van der Waals surface area (Å²) in [6, 6.07) is 26.3. The van der Waals surface area contributed by atoms with Gasteiger partial charge in [0.05, 0.1) is 31.2 Å². The third kappa shape index (κ3) is 6.37. The Balaban J connectivity index is 1.49. The molecule has 0 atom stereocenters. The van der Waals surface area contributed by atoms with Crippen LogP contribution in [-0.2, 0) is 4.79 Å². The smallest absolute Gasteiger partial charge is 0.258 e. The van der Waals surface area contributed by atoms with Gasteiger partial charge in [-0.05, 0) is 80.3 Å². The lowest BCUT2D eigenvalue weighted by molar-refractivity contribution is -0.110. The molecule has 0 saturated carbocycles. The second kappa shape index (κ2) is 12.8. The van der Waals surface area contributed by atoms with E-state index in [-0.39, 0.29) is 11.8 Å². The van der Waals surface area contributed by atoms with Gasteiger partial charge in [-0.25, -0.2) is 4.39 Å². The molecule has 0 fully saturated rings. The Hall–Kier alpha value is -5.15. The second-order valence-corrected chi connectivity index (χ2v) is 10.3. The van der Waals surface area contributed by atoms with E-state index < -0.39 is 5.82 Å². The normalized spacial score (nSPS) is 13.3. The van der Waals surface area contributed by atoms with E-state index >= 15 is 0 Å². The van der Waals surface area contributed by atoms with Gasteiger partial charge in [0.25, 0.3) is 11.8 Å². The first-order valence-corrected chi connectivity index (χ1v) is 13.8. The van der Waals surface area contributed by atoms with E-state index in [2.05, 4.69) is 10.6 Å². The molecule has 1 aliphatic heterocycles. The lowest BCUT2D eigenvalue weighted by atomic mass is 10.00. The van der Waals surface area contributed by atoms with Crippen LogP contribution >= 0.6 is 0 Å². The van der Waals surface area contributed by atoms with E-state index in [9.17, 15) is 14.0 Å². The van der Waals surface area contributed by atoms with Gasteiger partial charge in [0, 0.05) is 35.6 Å². The van der Waals surface area contributed by atoms with Crippen molar-refractivity contribution in [2.45, 2.75) is 0 Å². The molecule has 0 saturated heterocycles. The molecule has 9 heteroatoms. The molecule has 0 spiro atoms. The number of carbonyl (C=O) groups is 2. The number of carbonyl (C=O) groups excluding carboxylic acids is 2. The zero-order valence-corrected chi connectivity index (χ0v) is 24.5. The fourth-order valence-corrected chi connectivity index (χ4v) is 4.92. The average Bonchev–Trinajstić information content (AvgIpc) is 3.34. The predicted octanol–water partition coefficient (Wildman–Crippen LogP) is 5.98. The van der Waals surface area contributed by atoms with Crippen molar-refractivity contribution < 1.29 is 23.5 Å². The van der Waals surface area contributed by atoms with Crippen molar-refractivity contribution in [1.29, 1.82) is 0 Å². The largest absolute Gasteiger partial charge is 0.493 e. The number of nitrogens with zero attached hydrogens (tertiary/aromatic N) is 2. The van der Waals surface area contributed by atoms with Crippen LogP contribution in [0.15, 0.2) is 91.0 Å². The van der Waals surface area contributed by atoms with Gasteiger partial charge in [0.1, 0.15) is 5.82 Å². The Morgan fingerprint density at radius 2 is 1.56 bits per heavy atom. The van der Waals surface area contributed by atoms with Crippen LogP contribution in [0, 0.1) is 5.82 Å². The number of methoxy groups -OCH3 is 2. The van der Waals surface area contributed by atoms with Gasteiger partial charge < -0.3 is 29.9 Å². The van der Waals surface area contributed by atoms with E-state index in [0.717, 1.165) is 5.56 Å². The van der Waals surface area contributed by atoms with Crippen LogP contribution in [-0.4, -0.2) is 58.1 Å². The molecular weight excluding hydrogens is 547 g/mol. The van der Waals surface area contributed by atoms with Crippen LogP contribution in [0.3, 0.4) is 0 Å². The van der Waals surface area contributed by atoms with E-state index in [0.29, 0.717) is 64.0 Å². The summed E-state index contributed by atoms with van der Waals surface area (Å²) in [5.41, 5.74) is 4.73. The third-order valence-corrected chi connectivity index (χ3v) is 7.13. The highest BCUT2D eigenvalue weighted by Gasteiger charge is 2.29. The third-order valence-electron chi connectivity index (χ3n) is 7.13. The number of fused-ring (bicyclic) bond motifs is 1. The molecule has 4 aromatic carbocycles. The Labute approximate surface area is 250 Å². The zero-order chi connectivity index (χ0) is 30.5. The minimum absolute atomic E-state index is 0.179. The van der Waals surface area contributed by atoms with Gasteiger partial charge in [-0.1, -0.05) is 30.3 Å². The molecule has 43 heavy (non-hydrogen) atoms. The summed E-state index contributed by atoms with van der Waals surface area (Å²) in [7, 11) is 6.99.